The van der Waals surface area contributed by atoms with Gasteiger partial charge in [-0.2, -0.15) is 0 Å². The Morgan fingerprint density at radius 1 is 0.339 bits per heavy atom. The summed E-state index contributed by atoms with van der Waals surface area (Å²) in [6, 6.07) is 58.1. The minimum atomic E-state index is -0.396. The highest BCUT2D eigenvalue weighted by Crippen LogP contribution is 2.52. The van der Waals surface area contributed by atoms with E-state index in [0.29, 0.717) is 16.8 Å². The van der Waals surface area contributed by atoms with Crippen molar-refractivity contribution >= 4 is 27.8 Å². The van der Waals surface area contributed by atoms with E-state index in [4.69, 9.17) is 0 Å². The van der Waals surface area contributed by atoms with Crippen LogP contribution in [0.2, 0.25) is 0 Å². The third kappa shape index (κ3) is 6.60. The Labute approximate surface area is 376 Å². The number of hydrogen-bond donors (Lipinski definition) is 0. The van der Waals surface area contributed by atoms with Gasteiger partial charge in [0, 0.05) is 22.5 Å². The maximum Gasteiger partial charge on any atom is 0.0645 e. The van der Waals surface area contributed by atoms with Gasteiger partial charge < -0.3 is 4.90 Å². The van der Waals surface area contributed by atoms with Gasteiger partial charge in [0.25, 0.3) is 0 Å². The summed E-state index contributed by atoms with van der Waals surface area (Å²) in [6.45, 7) is 4.46. The molecule has 0 bridgehead atoms. The summed E-state index contributed by atoms with van der Waals surface area (Å²) in [5.74, 6) is 0. The fraction of sp³-hybridized carbons (Fsp3) is 0.0492. The predicted octanol–water partition coefficient (Wildman–Crippen LogP) is 17.0. The molecular formula is C61H45N. The van der Waals surface area contributed by atoms with Crippen LogP contribution in [0, 0.1) is 0 Å². The Balaban J connectivity index is 1.09. The summed E-state index contributed by atoms with van der Waals surface area (Å²) >= 11 is 0. The van der Waals surface area contributed by atoms with Crippen molar-refractivity contribution in [3.63, 3.8) is 0 Å². The quantitative estimate of drug-likeness (QED) is 0.148. The van der Waals surface area contributed by atoms with Crippen LogP contribution in [0.5, 0.6) is 0 Å². The molecule has 10 aromatic carbocycles. The lowest BCUT2D eigenvalue weighted by Gasteiger charge is -2.27. The van der Waals surface area contributed by atoms with Gasteiger partial charge >= 0.3 is 0 Å². The topological polar surface area (TPSA) is 3.24 Å². The van der Waals surface area contributed by atoms with Crippen molar-refractivity contribution in [3.8, 4) is 66.8 Å². The van der Waals surface area contributed by atoms with Crippen LogP contribution in [-0.2, 0) is 5.41 Å². The molecule has 0 N–H and O–H groups in total. The Morgan fingerprint density at radius 3 is 1.53 bits per heavy atom. The molecule has 0 amide bonds. The standard InChI is InChI=1S/C61H45N/c1-61(2)59-27-9-8-23-57(59)58-26-13-25-56(60(58)61)46-32-38-53(39-33-46)62(51-34-28-43(29-35-51)48-19-10-18-47(40-48)42-14-4-3-5-15-42)52-36-30-44(31-37-52)49-20-11-21-50(41-49)55-24-12-17-45-16-6-7-22-54(45)55/h3-41H,1-2H3/i28D,29D,30D,31D,34D,35D,36D,37D. The van der Waals surface area contributed by atoms with Crippen LogP contribution in [0.15, 0.2) is 236 Å². The largest absolute Gasteiger partial charge is 0.311 e. The minimum Gasteiger partial charge on any atom is -0.311 e. The normalized spacial score (nSPS) is 14.3. The monoisotopic (exact) mass is 799 g/mol. The Kier molecular flexibility index (Phi) is 7.31. The van der Waals surface area contributed by atoms with E-state index in [2.05, 4.69) is 62.4 Å². The number of anilines is 3. The summed E-state index contributed by atoms with van der Waals surface area (Å²) in [4.78, 5) is 1.38. The van der Waals surface area contributed by atoms with E-state index in [0.717, 1.165) is 49.7 Å². The van der Waals surface area contributed by atoms with Crippen LogP contribution in [-0.4, -0.2) is 0 Å². The molecule has 0 fully saturated rings. The van der Waals surface area contributed by atoms with Crippen LogP contribution in [0.25, 0.3) is 77.5 Å². The molecule has 0 saturated heterocycles. The average molecular weight is 800 g/mol. The Hall–Kier alpha value is -7.74. The van der Waals surface area contributed by atoms with Crippen molar-refractivity contribution in [1.82, 2.24) is 0 Å². The zero-order valence-electron chi connectivity index (χ0n) is 42.3. The van der Waals surface area contributed by atoms with Crippen molar-refractivity contribution in [2.24, 2.45) is 0 Å². The third-order valence-electron chi connectivity index (χ3n) is 12.2. The molecule has 1 aliphatic rings. The molecule has 0 aromatic heterocycles. The van der Waals surface area contributed by atoms with Gasteiger partial charge in [-0.1, -0.05) is 202 Å². The molecule has 10 aromatic rings. The van der Waals surface area contributed by atoms with Crippen LogP contribution < -0.4 is 4.90 Å². The van der Waals surface area contributed by atoms with Gasteiger partial charge in [0.1, 0.15) is 0 Å². The second-order valence-electron chi connectivity index (χ2n) is 16.3. The van der Waals surface area contributed by atoms with Crippen LogP contribution >= 0.6 is 0 Å². The number of benzene rings is 10. The van der Waals surface area contributed by atoms with Gasteiger partial charge in [0.05, 0.1) is 11.0 Å². The van der Waals surface area contributed by atoms with Crippen LogP contribution in [0.4, 0.5) is 17.1 Å². The highest BCUT2D eigenvalue weighted by molar-refractivity contribution is 5.97. The predicted molar refractivity (Wildman–Crippen MR) is 263 cm³/mol. The summed E-state index contributed by atoms with van der Waals surface area (Å²) in [6.07, 6.45) is 0. The van der Waals surface area contributed by atoms with Gasteiger partial charge in [-0.15, -0.1) is 0 Å². The SMILES string of the molecule is [2H]c1c([2H])c(N(c2ccc(-c3cccc4c3C(C)(C)c3ccccc3-4)cc2)c2c([2H])c([2H])c(-c3cccc(-c4cccc5ccccc45)c3)c([2H])c2[2H])c([2H])c([2H])c1-c1cccc(-c2ccccc2)c1. The van der Waals surface area contributed by atoms with Gasteiger partial charge in [-0.05, 0) is 137 Å². The molecule has 62 heavy (non-hydrogen) atoms. The highest BCUT2D eigenvalue weighted by Gasteiger charge is 2.37. The van der Waals surface area contributed by atoms with Gasteiger partial charge in [0.2, 0.25) is 0 Å². The van der Waals surface area contributed by atoms with E-state index in [9.17, 15) is 11.0 Å². The van der Waals surface area contributed by atoms with Crippen molar-refractivity contribution in [3.05, 3.63) is 248 Å². The van der Waals surface area contributed by atoms with E-state index >= 15 is 0 Å². The molecule has 0 atom stereocenters. The van der Waals surface area contributed by atoms with Crippen LogP contribution in [0.3, 0.4) is 0 Å². The maximum absolute atomic E-state index is 9.73. The zero-order valence-corrected chi connectivity index (χ0v) is 34.3. The van der Waals surface area contributed by atoms with Gasteiger partial charge in [-0.3, -0.25) is 0 Å². The fourth-order valence-electron chi connectivity index (χ4n) is 9.18. The van der Waals surface area contributed by atoms with E-state index < -0.39 is 24.2 Å². The number of hydrogen-bond acceptors (Lipinski definition) is 1. The second-order valence-corrected chi connectivity index (χ2v) is 16.3. The van der Waals surface area contributed by atoms with E-state index in [1.165, 1.54) is 21.6 Å². The summed E-state index contributed by atoms with van der Waals surface area (Å²) in [5.41, 5.74) is 11.2. The zero-order chi connectivity index (χ0) is 48.6. The summed E-state index contributed by atoms with van der Waals surface area (Å²) in [7, 11) is 0. The Morgan fingerprint density at radius 2 is 0.823 bits per heavy atom. The minimum absolute atomic E-state index is 0.103. The molecule has 0 radical (unpaired) electrons. The number of fused-ring (bicyclic) bond motifs is 4. The first-order valence-corrected chi connectivity index (χ1v) is 20.9. The molecule has 0 spiro atoms. The molecule has 1 heteroatoms. The van der Waals surface area contributed by atoms with Crippen molar-refractivity contribution in [1.29, 1.82) is 0 Å². The van der Waals surface area contributed by atoms with Crippen molar-refractivity contribution < 1.29 is 11.0 Å². The number of rotatable bonds is 8. The lowest BCUT2D eigenvalue weighted by molar-refractivity contribution is 0.662. The molecule has 0 saturated carbocycles. The van der Waals surface area contributed by atoms with Crippen molar-refractivity contribution in [2.75, 3.05) is 4.90 Å². The van der Waals surface area contributed by atoms with Gasteiger partial charge in [-0.25, -0.2) is 0 Å². The molecule has 0 heterocycles. The van der Waals surface area contributed by atoms with Crippen molar-refractivity contribution in [2.45, 2.75) is 19.3 Å². The van der Waals surface area contributed by atoms with Crippen LogP contribution in [0.1, 0.15) is 35.9 Å². The molecule has 1 nitrogen and oxygen atoms in total. The summed E-state index contributed by atoms with van der Waals surface area (Å²) < 4.78 is 77.0. The fourth-order valence-corrected chi connectivity index (χ4v) is 9.18. The molecule has 0 unspecified atom stereocenters. The molecule has 1 aliphatic carbocycles. The lowest BCUT2D eigenvalue weighted by Crippen LogP contribution is -2.16. The molecular weight excluding hydrogens is 747 g/mol. The molecule has 11 rings (SSSR count). The van der Waals surface area contributed by atoms with Gasteiger partial charge in [0.15, 0.2) is 0 Å². The molecule has 0 aliphatic heterocycles. The number of nitrogens with zero attached hydrogens (tertiary/aromatic N) is 1. The highest BCUT2D eigenvalue weighted by atomic mass is 15.1. The van der Waals surface area contributed by atoms with E-state index in [1.807, 2.05) is 115 Å². The first-order chi connectivity index (χ1) is 33.8. The average Bonchev–Trinajstić information content (AvgIpc) is 3.63. The van der Waals surface area contributed by atoms with E-state index in [-0.39, 0.29) is 52.1 Å². The first-order valence-electron chi connectivity index (χ1n) is 24.9. The summed E-state index contributed by atoms with van der Waals surface area (Å²) in [5, 5.41) is 2.11. The second kappa shape index (κ2) is 15.4. The lowest BCUT2D eigenvalue weighted by atomic mass is 9.79. The molecule has 294 valence electrons. The Bertz CT molecular complexity index is 3670. The third-order valence-corrected chi connectivity index (χ3v) is 12.2. The maximum atomic E-state index is 9.73. The van der Waals surface area contributed by atoms with E-state index in [1.54, 1.807) is 24.3 Å². The first kappa shape index (κ1) is 29.5. The smallest absolute Gasteiger partial charge is 0.0645 e.